The molecule has 1 saturated heterocycles. The fourth-order valence-electron chi connectivity index (χ4n) is 3.64. The van der Waals surface area contributed by atoms with Gasteiger partial charge in [-0.25, -0.2) is 19.5 Å². The molecule has 0 radical (unpaired) electrons. The van der Waals surface area contributed by atoms with Crippen molar-refractivity contribution in [2.75, 3.05) is 18.6 Å². The first-order chi connectivity index (χ1) is 20.2. The van der Waals surface area contributed by atoms with E-state index in [0.717, 1.165) is 15.5 Å². The number of ether oxygens (including phenoxy) is 1. The van der Waals surface area contributed by atoms with E-state index in [9.17, 15) is 24.5 Å². The second-order valence-corrected chi connectivity index (χ2v) is 16.2. The summed E-state index contributed by atoms with van der Waals surface area (Å²) in [5.74, 6) is 0.141. The average molecular weight is 608 g/mol. The fraction of sp³-hybridized carbons (Fsp3) is 0.310. The highest BCUT2D eigenvalue weighted by atomic mass is 28.4. The lowest BCUT2D eigenvalue weighted by Gasteiger charge is -2.36. The Labute approximate surface area is 249 Å². The molecule has 226 valence electrons. The van der Waals surface area contributed by atoms with Crippen LogP contribution >= 0.6 is 0 Å². The smallest absolute Gasteiger partial charge is 0.413 e. The number of hydrazone groups is 1. The molecular weight excluding hydrogens is 574 g/mol. The molecule has 0 saturated carbocycles. The fourth-order valence-corrected chi connectivity index (χ4v) is 4.60. The monoisotopic (exact) mass is 607 g/mol. The third-order valence-corrected chi connectivity index (χ3v) is 11.8. The van der Waals surface area contributed by atoms with E-state index in [1.165, 1.54) is 18.3 Å². The Kier molecular flexibility index (Phi) is 9.11. The highest BCUT2D eigenvalue weighted by molar-refractivity contribution is 6.74. The quantitative estimate of drug-likeness (QED) is 0.0941. The molecule has 1 aromatic heterocycles. The maximum atomic E-state index is 12.7. The zero-order valence-electron chi connectivity index (χ0n) is 24.5. The number of hydrogen-bond acceptors (Lipinski definition) is 9. The van der Waals surface area contributed by atoms with Gasteiger partial charge in [0.1, 0.15) is 18.1 Å². The minimum absolute atomic E-state index is 0.0441. The molecule has 2 heterocycles. The van der Waals surface area contributed by atoms with E-state index >= 15 is 0 Å². The molecule has 0 unspecified atom stereocenters. The Bertz CT molecular complexity index is 1530. The Morgan fingerprint density at radius 1 is 1.09 bits per heavy atom. The number of urea groups is 1. The summed E-state index contributed by atoms with van der Waals surface area (Å²) in [6.07, 6.45) is 0.431. The number of non-ortho nitro benzene ring substituents is 1. The van der Waals surface area contributed by atoms with Crippen LogP contribution in [-0.2, 0) is 20.6 Å². The van der Waals surface area contributed by atoms with Crippen molar-refractivity contribution in [3.63, 3.8) is 0 Å². The number of carbonyl (C=O) groups excluding carboxylic acids is 3. The number of carbonyl (C=O) groups is 3. The maximum absolute atomic E-state index is 12.7. The third kappa shape index (κ3) is 7.72. The van der Waals surface area contributed by atoms with Crippen LogP contribution in [0.25, 0.3) is 11.3 Å². The molecule has 43 heavy (non-hydrogen) atoms. The highest BCUT2D eigenvalue weighted by Gasteiger charge is 2.38. The van der Waals surface area contributed by atoms with Crippen molar-refractivity contribution in [3.8, 4) is 11.3 Å². The number of nitro groups is 1. The second kappa shape index (κ2) is 12.6. The number of nitro benzene ring substituents is 1. The summed E-state index contributed by atoms with van der Waals surface area (Å²) in [4.78, 5) is 48.4. The number of hydrogen-bond donors (Lipinski definition) is 1. The highest BCUT2D eigenvalue weighted by Crippen LogP contribution is 2.37. The molecular formula is C29H33N5O8Si. The molecule has 0 atom stereocenters. The first-order valence-electron chi connectivity index (χ1n) is 13.4. The number of imide groups is 1. The second-order valence-electron chi connectivity index (χ2n) is 11.3. The molecule has 13 nitrogen and oxygen atoms in total. The molecule has 3 aromatic rings. The van der Waals surface area contributed by atoms with Crippen LogP contribution in [0, 0.1) is 10.1 Å². The van der Waals surface area contributed by atoms with Crippen LogP contribution < -0.4 is 5.32 Å². The number of anilines is 1. The lowest BCUT2D eigenvalue weighted by molar-refractivity contribution is -0.384. The molecule has 0 spiro atoms. The zero-order valence-corrected chi connectivity index (χ0v) is 25.5. The first-order valence-corrected chi connectivity index (χ1v) is 16.3. The Morgan fingerprint density at radius 3 is 2.40 bits per heavy atom. The van der Waals surface area contributed by atoms with Gasteiger partial charge in [-0.15, -0.1) is 0 Å². The van der Waals surface area contributed by atoms with Crippen LogP contribution in [0.2, 0.25) is 18.1 Å². The Morgan fingerprint density at radius 2 is 1.77 bits per heavy atom. The van der Waals surface area contributed by atoms with E-state index in [1.54, 1.807) is 36.4 Å². The van der Waals surface area contributed by atoms with E-state index in [2.05, 4.69) is 44.3 Å². The predicted molar refractivity (Wildman–Crippen MR) is 161 cm³/mol. The third-order valence-electron chi connectivity index (χ3n) is 7.28. The Hall–Kier alpha value is -4.82. The summed E-state index contributed by atoms with van der Waals surface area (Å²) in [5, 5.41) is 18.4. The van der Waals surface area contributed by atoms with Crippen molar-refractivity contribution in [2.45, 2.75) is 45.5 Å². The van der Waals surface area contributed by atoms with Gasteiger partial charge in [0.05, 0.1) is 17.7 Å². The number of nitrogens with zero attached hydrogens (tertiary/aromatic N) is 4. The molecule has 4 amide bonds. The van der Waals surface area contributed by atoms with Crippen LogP contribution in [0.3, 0.4) is 0 Å². The Balaban J connectivity index is 1.26. The molecule has 4 rings (SSSR count). The minimum atomic E-state index is -1.89. The number of benzene rings is 2. The van der Waals surface area contributed by atoms with Crippen molar-refractivity contribution >= 4 is 43.9 Å². The standard InChI is InChI=1S/C29H33N5O8Si/c1-29(2,3)43(4,5)41-18-20-6-10-22(11-7-20)31-27(36)40-19-32-26(35)17-33(28(32)37)30-16-24-14-15-25(42-24)21-8-12-23(13-9-21)34(38)39/h6-16H,17-19H2,1-5H3,(H,31,36)/b30-16+. The van der Waals surface area contributed by atoms with E-state index in [4.69, 9.17) is 13.6 Å². The van der Waals surface area contributed by atoms with E-state index < -0.39 is 38.0 Å². The number of rotatable bonds is 10. The van der Waals surface area contributed by atoms with Gasteiger partial charge < -0.3 is 13.6 Å². The zero-order chi connectivity index (χ0) is 31.4. The number of amides is 4. The van der Waals surface area contributed by atoms with Crippen LogP contribution in [0.4, 0.5) is 21.0 Å². The van der Waals surface area contributed by atoms with Gasteiger partial charge in [0.15, 0.2) is 15.0 Å². The van der Waals surface area contributed by atoms with Gasteiger partial charge in [-0.05, 0) is 60.1 Å². The molecule has 1 aliphatic heterocycles. The summed E-state index contributed by atoms with van der Waals surface area (Å²) >= 11 is 0. The van der Waals surface area contributed by atoms with Gasteiger partial charge in [-0.3, -0.25) is 20.2 Å². The van der Waals surface area contributed by atoms with E-state index in [-0.39, 0.29) is 17.3 Å². The van der Waals surface area contributed by atoms with Crippen molar-refractivity contribution in [1.82, 2.24) is 9.91 Å². The predicted octanol–water partition coefficient (Wildman–Crippen LogP) is 6.18. The lowest BCUT2D eigenvalue weighted by Crippen LogP contribution is -2.40. The number of furan rings is 1. The molecule has 1 aliphatic rings. The molecule has 0 bridgehead atoms. The molecule has 1 fully saturated rings. The van der Waals surface area contributed by atoms with Crippen LogP contribution in [-0.4, -0.2) is 60.7 Å². The van der Waals surface area contributed by atoms with Crippen LogP contribution in [0.15, 0.2) is 70.2 Å². The number of nitrogens with one attached hydrogen (secondary N) is 1. The van der Waals surface area contributed by atoms with Crippen LogP contribution in [0.5, 0.6) is 0 Å². The molecule has 14 heteroatoms. The van der Waals surface area contributed by atoms with Gasteiger partial charge >= 0.3 is 12.1 Å². The van der Waals surface area contributed by atoms with E-state index in [1.807, 2.05) is 12.1 Å². The summed E-state index contributed by atoms with van der Waals surface area (Å²) in [6.45, 7) is 10.4. The summed E-state index contributed by atoms with van der Waals surface area (Å²) in [6, 6.07) is 15.4. The van der Waals surface area contributed by atoms with Crippen molar-refractivity contribution < 1.29 is 32.9 Å². The maximum Gasteiger partial charge on any atom is 0.413 e. The van der Waals surface area contributed by atoms with Gasteiger partial charge in [0.25, 0.3) is 11.6 Å². The minimum Gasteiger partial charge on any atom is -0.455 e. The first kappa shape index (κ1) is 31.1. The van der Waals surface area contributed by atoms with E-state index in [0.29, 0.717) is 29.4 Å². The molecule has 1 N–H and O–H groups in total. The topological polar surface area (TPSA) is 157 Å². The summed E-state index contributed by atoms with van der Waals surface area (Å²) in [7, 11) is -1.89. The summed E-state index contributed by atoms with van der Waals surface area (Å²) < 4.78 is 17.0. The largest absolute Gasteiger partial charge is 0.455 e. The van der Waals surface area contributed by atoms with Crippen molar-refractivity contribution in [2.24, 2.45) is 5.10 Å². The molecule has 0 aliphatic carbocycles. The molecule has 2 aromatic carbocycles. The van der Waals surface area contributed by atoms with Gasteiger partial charge in [-0.1, -0.05) is 32.9 Å². The normalized spacial score (nSPS) is 14.1. The van der Waals surface area contributed by atoms with Crippen molar-refractivity contribution in [3.05, 3.63) is 82.1 Å². The lowest BCUT2D eigenvalue weighted by atomic mass is 10.1. The SMILES string of the molecule is CC(C)(C)[Si](C)(C)OCc1ccc(NC(=O)OCN2C(=O)CN(/N=C/c3ccc(-c4ccc([N+](=O)[O-])cc4)o3)C2=O)cc1. The van der Waals surface area contributed by atoms with Gasteiger partial charge in [0, 0.05) is 23.4 Å². The van der Waals surface area contributed by atoms with Crippen molar-refractivity contribution in [1.29, 1.82) is 0 Å². The summed E-state index contributed by atoms with van der Waals surface area (Å²) in [5.41, 5.74) is 2.02. The van der Waals surface area contributed by atoms with Gasteiger partial charge in [0.2, 0.25) is 0 Å². The van der Waals surface area contributed by atoms with Crippen LogP contribution in [0.1, 0.15) is 32.1 Å². The van der Waals surface area contributed by atoms with Gasteiger partial charge in [-0.2, -0.15) is 5.10 Å². The average Bonchev–Trinajstić information content (AvgIpc) is 3.53.